The average molecular weight is 603 g/mol. The van der Waals surface area contributed by atoms with E-state index in [9.17, 15) is 27.6 Å². The second-order valence-corrected chi connectivity index (χ2v) is 13.0. The molecule has 1 aromatic heterocycles. The third-order valence-electron chi connectivity index (χ3n) is 8.31. The summed E-state index contributed by atoms with van der Waals surface area (Å²) in [4.78, 5) is 54.2. The molecule has 16 heteroatoms. The Kier molecular flexibility index (Phi) is 8.65. The lowest BCUT2D eigenvalue weighted by Crippen LogP contribution is -2.61. The molecule has 1 aliphatic carbocycles. The number of carbonyl (C=O) groups is 4. The van der Waals surface area contributed by atoms with Crippen molar-refractivity contribution < 1.29 is 32.3 Å². The van der Waals surface area contributed by atoms with Gasteiger partial charge in [0.2, 0.25) is 33.4 Å². The van der Waals surface area contributed by atoms with Gasteiger partial charge in [-0.2, -0.15) is 4.31 Å². The lowest BCUT2D eigenvalue weighted by molar-refractivity contribution is -0.143. The number of nitrogens with two attached hydrogens (primary N) is 1. The second-order valence-electron chi connectivity index (χ2n) is 11.0. The summed E-state index contributed by atoms with van der Waals surface area (Å²) < 4.78 is 32.7. The van der Waals surface area contributed by atoms with E-state index in [1.165, 1.54) is 9.21 Å². The van der Waals surface area contributed by atoms with E-state index in [1.54, 1.807) is 30.3 Å². The highest BCUT2D eigenvalue weighted by atomic mass is 32.2. The van der Waals surface area contributed by atoms with Gasteiger partial charge in [-0.15, -0.1) is 9.78 Å². The summed E-state index contributed by atoms with van der Waals surface area (Å²) in [6.07, 6.45) is 2.20. The van der Waals surface area contributed by atoms with Crippen LogP contribution in [0, 0.1) is 5.92 Å². The van der Waals surface area contributed by atoms with Crippen LogP contribution in [0.1, 0.15) is 54.7 Å². The average Bonchev–Trinajstić information content (AvgIpc) is 3.64. The Balaban J connectivity index is 1.31. The highest BCUT2D eigenvalue weighted by Crippen LogP contribution is 2.32. The molecule has 226 valence electrons. The minimum Gasteiger partial charge on any atom is -0.451 e. The normalized spacial score (nSPS) is 25.5. The van der Waals surface area contributed by atoms with Crippen LogP contribution in [-0.2, 0) is 30.1 Å². The summed E-state index contributed by atoms with van der Waals surface area (Å²) in [6.45, 7) is -0.284. The monoisotopic (exact) mass is 602 g/mol. The fourth-order valence-corrected chi connectivity index (χ4v) is 7.63. The van der Waals surface area contributed by atoms with Crippen LogP contribution in [0.3, 0.4) is 0 Å². The van der Waals surface area contributed by atoms with Gasteiger partial charge in [0.25, 0.3) is 0 Å². The molecule has 3 atom stereocenters. The minimum atomic E-state index is -3.76. The number of amides is 2. The number of carbonyl (C=O) groups excluding carboxylic acids is 4. The first-order valence-electron chi connectivity index (χ1n) is 13.9. The highest BCUT2D eigenvalue weighted by molar-refractivity contribution is 7.88. The number of nitrogens with zero attached hydrogens (tertiary/aromatic N) is 6. The fraction of sp³-hybridized carbons (Fsp3) is 0.577. The number of hydrogen-bond acceptors (Lipinski definition) is 11. The van der Waals surface area contributed by atoms with Gasteiger partial charge in [-0.25, -0.2) is 13.2 Å². The molecule has 2 saturated heterocycles. The van der Waals surface area contributed by atoms with Crippen molar-refractivity contribution in [2.45, 2.75) is 68.4 Å². The molecule has 2 aliphatic heterocycles. The summed E-state index contributed by atoms with van der Waals surface area (Å²) >= 11 is 0. The Morgan fingerprint density at radius 3 is 2.50 bits per heavy atom. The number of ketones is 1. The standard InChI is InChI=1S/C26H34N8O7S/c1-41-26(38)34-24(29-30-31-34)23(36)22(17-7-9-18(27)10-8-17)28-25(37)20-12-11-19-13-32(14-21(35)33(19)20)42(39,40)15-16-5-3-2-4-6-16/h2-6,17-20,22H,7-15,27H2,1H3,(H,28,37)/t17?,18?,19-,20-,22-/m0/s1. The number of methoxy groups -OCH3 is 1. The van der Waals surface area contributed by atoms with Gasteiger partial charge < -0.3 is 20.7 Å². The molecule has 3 N–H and O–H groups in total. The molecule has 1 aromatic carbocycles. The molecule has 3 aliphatic rings. The number of rotatable bonds is 8. The van der Waals surface area contributed by atoms with Crippen LogP contribution in [0.4, 0.5) is 4.79 Å². The maximum absolute atomic E-state index is 13.7. The summed E-state index contributed by atoms with van der Waals surface area (Å²) in [5, 5.41) is 13.5. The molecule has 2 amide bonds. The molecule has 15 nitrogen and oxygen atoms in total. The number of piperazine rings is 1. The Labute approximate surface area is 242 Å². The molecule has 42 heavy (non-hydrogen) atoms. The minimum absolute atomic E-state index is 0.0178. The molecular weight excluding hydrogens is 568 g/mol. The van der Waals surface area contributed by atoms with Crippen molar-refractivity contribution in [2.75, 3.05) is 20.2 Å². The number of sulfonamides is 1. The first kappa shape index (κ1) is 29.7. The topological polar surface area (TPSA) is 200 Å². The van der Waals surface area contributed by atoms with E-state index in [4.69, 9.17) is 5.73 Å². The van der Waals surface area contributed by atoms with Crippen LogP contribution in [-0.4, -0.2) is 106 Å². The van der Waals surface area contributed by atoms with E-state index in [-0.39, 0.29) is 36.6 Å². The van der Waals surface area contributed by atoms with Crippen molar-refractivity contribution in [1.82, 2.24) is 34.7 Å². The Morgan fingerprint density at radius 1 is 1.10 bits per heavy atom. The van der Waals surface area contributed by atoms with Crippen LogP contribution < -0.4 is 11.1 Å². The molecular formula is C26H34N8O7S. The molecule has 3 fully saturated rings. The largest absolute Gasteiger partial charge is 0.451 e. The zero-order valence-electron chi connectivity index (χ0n) is 23.2. The zero-order chi connectivity index (χ0) is 30.0. The predicted molar refractivity (Wildman–Crippen MR) is 146 cm³/mol. The van der Waals surface area contributed by atoms with Crippen LogP contribution in [0.15, 0.2) is 30.3 Å². The van der Waals surface area contributed by atoms with Crippen LogP contribution in [0.2, 0.25) is 0 Å². The van der Waals surface area contributed by atoms with Crippen molar-refractivity contribution in [1.29, 1.82) is 0 Å². The van der Waals surface area contributed by atoms with E-state index < -0.39 is 51.8 Å². The quantitative estimate of drug-likeness (QED) is 0.296. The van der Waals surface area contributed by atoms with Gasteiger partial charge in [0.05, 0.1) is 25.4 Å². The van der Waals surface area contributed by atoms with E-state index in [2.05, 4.69) is 25.6 Å². The van der Waals surface area contributed by atoms with Crippen LogP contribution >= 0.6 is 0 Å². The molecule has 0 spiro atoms. The summed E-state index contributed by atoms with van der Waals surface area (Å²) in [7, 11) is -2.64. The number of hydrogen-bond donors (Lipinski definition) is 2. The molecule has 1 saturated carbocycles. The van der Waals surface area contributed by atoms with Gasteiger partial charge in [-0.3, -0.25) is 14.4 Å². The van der Waals surface area contributed by atoms with Gasteiger partial charge in [-0.1, -0.05) is 30.3 Å². The van der Waals surface area contributed by atoms with Crippen molar-refractivity contribution >= 4 is 33.7 Å². The van der Waals surface area contributed by atoms with E-state index in [0.29, 0.717) is 48.8 Å². The lowest BCUT2D eigenvalue weighted by Gasteiger charge is -2.39. The molecule has 5 rings (SSSR count). The van der Waals surface area contributed by atoms with Gasteiger partial charge >= 0.3 is 6.09 Å². The SMILES string of the molecule is COC(=O)n1nnnc1C(=O)[C@@H](NC(=O)[C@@H]1CC[C@H]2CN(S(=O)(=O)Cc3ccccc3)CC(=O)N21)C1CCC(N)CC1. The number of nitrogens with one attached hydrogen (secondary N) is 1. The number of ether oxygens (including phenoxy) is 1. The number of aromatic nitrogens is 4. The lowest BCUT2D eigenvalue weighted by atomic mass is 9.80. The third-order valence-corrected chi connectivity index (χ3v) is 10.1. The van der Waals surface area contributed by atoms with E-state index in [1.807, 2.05) is 0 Å². The third kappa shape index (κ3) is 6.05. The highest BCUT2D eigenvalue weighted by Gasteiger charge is 2.48. The van der Waals surface area contributed by atoms with E-state index in [0.717, 1.165) is 7.11 Å². The summed E-state index contributed by atoms with van der Waals surface area (Å²) in [6, 6.07) is 6.30. The fourth-order valence-electron chi connectivity index (χ4n) is 6.13. The van der Waals surface area contributed by atoms with Crippen molar-refractivity contribution in [3.63, 3.8) is 0 Å². The van der Waals surface area contributed by atoms with Gasteiger partial charge in [0.15, 0.2) is 0 Å². The smallest absolute Gasteiger partial charge is 0.438 e. The van der Waals surface area contributed by atoms with Crippen molar-refractivity contribution in [3.05, 3.63) is 41.7 Å². The second kappa shape index (κ2) is 12.2. The first-order chi connectivity index (χ1) is 20.1. The Bertz CT molecular complexity index is 1440. The molecule has 0 unspecified atom stereocenters. The maximum atomic E-state index is 13.7. The van der Waals surface area contributed by atoms with Crippen LogP contribution in [0.5, 0.6) is 0 Å². The van der Waals surface area contributed by atoms with Crippen molar-refractivity contribution in [2.24, 2.45) is 11.7 Å². The van der Waals surface area contributed by atoms with Gasteiger partial charge in [-0.05, 0) is 60.4 Å². The van der Waals surface area contributed by atoms with Gasteiger partial charge in [0.1, 0.15) is 6.04 Å². The summed E-state index contributed by atoms with van der Waals surface area (Å²) in [5.41, 5.74) is 6.68. The van der Waals surface area contributed by atoms with Crippen molar-refractivity contribution in [3.8, 4) is 0 Å². The Hall–Kier alpha value is -3.76. The number of fused-ring (bicyclic) bond motifs is 1. The summed E-state index contributed by atoms with van der Waals surface area (Å²) in [5.74, 6) is -2.55. The van der Waals surface area contributed by atoms with Gasteiger partial charge in [0, 0.05) is 18.6 Å². The predicted octanol–water partition coefficient (Wildman–Crippen LogP) is -0.322. The number of benzene rings is 1. The molecule has 0 radical (unpaired) electrons. The zero-order valence-corrected chi connectivity index (χ0v) is 24.0. The van der Waals surface area contributed by atoms with Crippen LogP contribution in [0.25, 0.3) is 0 Å². The van der Waals surface area contributed by atoms with E-state index >= 15 is 0 Å². The molecule has 0 bridgehead atoms. The maximum Gasteiger partial charge on any atom is 0.438 e. The first-order valence-corrected chi connectivity index (χ1v) is 15.5. The Morgan fingerprint density at radius 2 is 1.81 bits per heavy atom. The molecule has 2 aromatic rings. The molecule has 3 heterocycles. The number of Topliss-reactive ketones (excluding diaryl/α,β-unsaturated/α-hetero) is 1. The number of tetrazole rings is 1.